The van der Waals surface area contributed by atoms with Crippen LogP contribution in [-0.2, 0) is 4.79 Å². The van der Waals surface area contributed by atoms with Gasteiger partial charge in [-0.25, -0.2) is 0 Å². The number of aliphatic hydroxyl groups excluding tert-OH is 2. The van der Waals surface area contributed by atoms with Crippen molar-refractivity contribution in [2.75, 3.05) is 6.61 Å². The number of aliphatic hydroxyl groups is 2. The largest absolute Gasteiger partial charge is 0.396 e. The maximum atomic E-state index is 11.8. The van der Waals surface area contributed by atoms with Crippen LogP contribution in [0.4, 0.5) is 0 Å². The first-order valence-corrected chi connectivity index (χ1v) is 7.27. The number of carbonyl (C=O) groups is 1. The van der Waals surface area contributed by atoms with Gasteiger partial charge in [0.25, 0.3) is 0 Å². The zero-order valence-corrected chi connectivity index (χ0v) is 11.0. The number of carbonyl (C=O) groups excluding carboxylic acids is 1. The van der Waals surface area contributed by atoms with Crippen molar-refractivity contribution >= 4 is 5.91 Å². The van der Waals surface area contributed by atoms with Crippen LogP contribution in [0.5, 0.6) is 0 Å². The molecule has 3 atom stereocenters. The van der Waals surface area contributed by atoms with Crippen LogP contribution in [0.1, 0.15) is 51.4 Å². The van der Waals surface area contributed by atoms with E-state index < -0.39 is 6.10 Å². The smallest absolute Gasteiger partial charge is 0.220 e. The summed E-state index contributed by atoms with van der Waals surface area (Å²) in [4.78, 5) is 11.8. The Morgan fingerprint density at radius 3 is 2.56 bits per heavy atom. The highest BCUT2D eigenvalue weighted by Gasteiger charge is 2.33. The lowest BCUT2D eigenvalue weighted by atomic mass is 10.0. The Kier molecular flexibility index (Phi) is 5.01. The topological polar surface area (TPSA) is 69.6 Å². The predicted octanol–water partition coefficient (Wildman–Crippen LogP) is 1.20. The fourth-order valence-corrected chi connectivity index (χ4v) is 3.35. The maximum absolute atomic E-state index is 11.8. The van der Waals surface area contributed by atoms with Crippen LogP contribution < -0.4 is 5.32 Å². The molecule has 0 aromatic rings. The number of hydrogen-bond acceptors (Lipinski definition) is 3. The third-order valence-corrected chi connectivity index (χ3v) is 4.51. The van der Waals surface area contributed by atoms with Crippen LogP contribution in [0.25, 0.3) is 0 Å². The molecule has 18 heavy (non-hydrogen) atoms. The van der Waals surface area contributed by atoms with E-state index in [0.29, 0.717) is 19.3 Å². The lowest BCUT2D eigenvalue weighted by Crippen LogP contribution is -2.33. The van der Waals surface area contributed by atoms with Crippen molar-refractivity contribution < 1.29 is 15.0 Å². The van der Waals surface area contributed by atoms with E-state index in [9.17, 15) is 9.90 Å². The minimum Gasteiger partial charge on any atom is -0.396 e. The van der Waals surface area contributed by atoms with Crippen LogP contribution in [0.15, 0.2) is 0 Å². The van der Waals surface area contributed by atoms with Crippen LogP contribution in [0.2, 0.25) is 0 Å². The van der Waals surface area contributed by atoms with E-state index in [2.05, 4.69) is 5.32 Å². The van der Waals surface area contributed by atoms with Gasteiger partial charge >= 0.3 is 0 Å². The SMILES string of the molecule is O=C(CCC1CCCC1)NC1CC(O)C(CO)C1. The molecule has 3 N–H and O–H groups in total. The van der Waals surface area contributed by atoms with Crippen molar-refractivity contribution in [3.8, 4) is 0 Å². The van der Waals surface area contributed by atoms with E-state index in [1.807, 2.05) is 0 Å². The van der Waals surface area contributed by atoms with Gasteiger partial charge in [-0.2, -0.15) is 0 Å². The quantitative estimate of drug-likeness (QED) is 0.691. The van der Waals surface area contributed by atoms with Gasteiger partial charge in [0.15, 0.2) is 0 Å². The third kappa shape index (κ3) is 3.69. The second-order valence-electron chi connectivity index (χ2n) is 5.94. The molecule has 2 aliphatic carbocycles. The van der Waals surface area contributed by atoms with Gasteiger partial charge in [-0.15, -0.1) is 0 Å². The molecule has 0 radical (unpaired) electrons. The molecule has 2 saturated carbocycles. The summed E-state index contributed by atoms with van der Waals surface area (Å²) in [6.45, 7) is 0.00953. The number of amides is 1. The summed E-state index contributed by atoms with van der Waals surface area (Å²) in [5.41, 5.74) is 0. The minimum absolute atomic E-state index is 0.00953. The van der Waals surface area contributed by atoms with Gasteiger partial charge in [-0.3, -0.25) is 4.79 Å². The molecule has 4 nitrogen and oxygen atoms in total. The molecule has 0 saturated heterocycles. The van der Waals surface area contributed by atoms with E-state index in [-0.39, 0.29) is 24.5 Å². The Bertz CT molecular complexity index is 276. The second kappa shape index (κ2) is 6.53. The van der Waals surface area contributed by atoms with E-state index >= 15 is 0 Å². The number of hydrogen-bond donors (Lipinski definition) is 3. The van der Waals surface area contributed by atoms with E-state index in [0.717, 1.165) is 12.3 Å². The average molecular weight is 255 g/mol. The Balaban J connectivity index is 1.65. The van der Waals surface area contributed by atoms with Crippen molar-refractivity contribution in [1.29, 1.82) is 0 Å². The summed E-state index contributed by atoms with van der Waals surface area (Å²) < 4.78 is 0. The van der Waals surface area contributed by atoms with Crippen molar-refractivity contribution in [2.45, 2.75) is 63.5 Å². The summed E-state index contributed by atoms with van der Waals surface area (Å²) in [7, 11) is 0. The average Bonchev–Trinajstić information content (AvgIpc) is 2.96. The molecule has 0 aliphatic heterocycles. The Hall–Kier alpha value is -0.610. The molecule has 3 unspecified atom stereocenters. The molecule has 0 spiro atoms. The highest BCUT2D eigenvalue weighted by Crippen LogP contribution is 2.29. The first kappa shape index (κ1) is 13.8. The monoisotopic (exact) mass is 255 g/mol. The minimum atomic E-state index is -0.463. The lowest BCUT2D eigenvalue weighted by molar-refractivity contribution is -0.122. The Morgan fingerprint density at radius 1 is 1.22 bits per heavy atom. The molecule has 0 aromatic heterocycles. The fraction of sp³-hybridized carbons (Fsp3) is 0.929. The molecular weight excluding hydrogens is 230 g/mol. The van der Waals surface area contributed by atoms with Crippen molar-refractivity contribution in [2.24, 2.45) is 11.8 Å². The molecule has 4 heteroatoms. The molecule has 0 aromatic carbocycles. The predicted molar refractivity (Wildman–Crippen MR) is 68.9 cm³/mol. The molecule has 2 aliphatic rings. The van der Waals surface area contributed by atoms with Crippen LogP contribution in [0, 0.1) is 11.8 Å². The molecular formula is C14H25NO3. The van der Waals surface area contributed by atoms with Crippen LogP contribution >= 0.6 is 0 Å². The van der Waals surface area contributed by atoms with Crippen LogP contribution in [0.3, 0.4) is 0 Å². The summed E-state index contributed by atoms with van der Waals surface area (Å²) in [5, 5.41) is 21.7. The highest BCUT2D eigenvalue weighted by molar-refractivity contribution is 5.76. The number of nitrogens with one attached hydrogen (secondary N) is 1. The van der Waals surface area contributed by atoms with Gasteiger partial charge in [0.05, 0.1) is 6.10 Å². The van der Waals surface area contributed by atoms with E-state index in [1.165, 1.54) is 25.7 Å². The second-order valence-corrected chi connectivity index (χ2v) is 5.94. The Labute approximate surface area is 109 Å². The molecule has 104 valence electrons. The van der Waals surface area contributed by atoms with Gasteiger partial charge in [0, 0.05) is 25.0 Å². The summed E-state index contributed by atoms with van der Waals surface area (Å²) in [5.74, 6) is 0.790. The van der Waals surface area contributed by atoms with Crippen LogP contribution in [-0.4, -0.2) is 34.9 Å². The van der Waals surface area contributed by atoms with E-state index in [4.69, 9.17) is 5.11 Å². The summed E-state index contributed by atoms with van der Waals surface area (Å²) >= 11 is 0. The Morgan fingerprint density at radius 2 is 1.94 bits per heavy atom. The molecule has 0 bridgehead atoms. The van der Waals surface area contributed by atoms with Crippen molar-refractivity contribution in [1.82, 2.24) is 5.32 Å². The first-order chi connectivity index (χ1) is 8.69. The van der Waals surface area contributed by atoms with Gasteiger partial charge in [0.2, 0.25) is 5.91 Å². The zero-order chi connectivity index (χ0) is 13.0. The number of rotatable bonds is 5. The lowest BCUT2D eigenvalue weighted by Gasteiger charge is -2.13. The summed E-state index contributed by atoms with van der Waals surface area (Å²) in [6.07, 6.45) is 7.64. The van der Waals surface area contributed by atoms with Crippen molar-refractivity contribution in [3.05, 3.63) is 0 Å². The summed E-state index contributed by atoms with van der Waals surface area (Å²) in [6, 6.07) is 0.0493. The molecule has 0 heterocycles. The highest BCUT2D eigenvalue weighted by atomic mass is 16.3. The normalized spacial score (nSPS) is 32.9. The molecule has 1 amide bonds. The maximum Gasteiger partial charge on any atom is 0.220 e. The third-order valence-electron chi connectivity index (χ3n) is 4.51. The van der Waals surface area contributed by atoms with E-state index in [1.54, 1.807) is 0 Å². The fourth-order valence-electron chi connectivity index (χ4n) is 3.35. The van der Waals surface area contributed by atoms with Gasteiger partial charge < -0.3 is 15.5 Å². The molecule has 2 rings (SSSR count). The van der Waals surface area contributed by atoms with Gasteiger partial charge in [-0.1, -0.05) is 25.7 Å². The standard InChI is InChI=1S/C14H25NO3/c16-9-11-7-12(8-13(11)17)15-14(18)6-5-10-3-1-2-4-10/h10-13,16-17H,1-9H2,(H,15,18). The van der Waals surface area contributed by atoms with Crippen molar-refractivity contribution in [3.63, 3.8) is 0 Å². The molecule has 2 fully saturated rings. The first-order valence-electron chi connectivity index (χ1n) is 7.27. The van der Waals surface area contributed by atoms with Gasteiger partial charge in [-0.05, 0) is 25.2 Å². The van der Waals surface area contributed by atoms with Gasteiger partial charge in [0.1, 0.15) is 0 Å². The zero-order valence-electron chi connectivity index (χ0n) is 11.0.